The fourth-order valence-electron chi connectivity index (χ4n) is 2.78. The van der Waals surface area contributed by atoms with E-state index in [-0.39, 0.29) is 18.0 Å². The van der Waals surface area contributed by atoms with Crippen LogP contribution in [-0.4, -0.2) is 43.0 Å². The Labute approximate surface area is 159 Å². The van der Waals surface area contributed by atoms with Crippen LogP contribution in [0.3, 0.4) is 0 Å². The van der Waals surface area contributed by atoms with E-state index in [0.717, 1.165) is 28.3 Å². The summed E-state index contributed by atoms with van der Waals surface area (Å²) in [5.74, 6) is 0. The maximum atomic E-state index is 12.6. The summed E-state index contributed by atoms with van der Waals surface area (Å²) < 4.78 is 26.4. The van der Waals surface area contributed by atoms with Gasteiger partial charge in [-0.1, -0.05) is 36.4 Å². The average Bonchev–Trinajstić information content (AvgIpc) is 2.67. The lowest BCUT2D eigenvalue weighted by atomic mass is 10.0. The predicted molar refractivity (Wildman–Crippen MR) is 103 cm³/mol. The van der Waals surface area contributed by atoms with Crippen LogP contribution in [-0.2, 0) is 22.9 Å². The van der Waals surface area contributed by atoms with Crippen molar-refractivity contribution in [1.29, 1.82) is 0 Å². The Morgan fingerprint density at radius 3 is 2.11 bits per heavy atom. The second kappa shape index (κ2) is 9.59. The van der Waals surface area contributed by atoms with Gasteiger partial charge in [-0.2, -0.15) is 0 Å². The number of rotatable bonds is 10. The predicted octanol–water partition coefficient (Wildman–Crippen LogP) is 2.77. The van der Waals surface area contributed by atoms with Gasteiger partial charge >= 0.3 is 0 Å². The fraction of sp³-hybridized carbons (Fsp3) is 0.368. The molecule has 0 atom stereocenters. The quantitative estimate of drug-likeness (QED) is 0.495. The Morgan fingerprint density at radius 2 is 1.56 bits per heavy atom. The van der Waals surface area contributed by atoms with E-state index in [1.54, 1.807) is 0 Å². The molecule has 0 fully saturated rings. The summed E-state index contributed by atoms with van der Waals surface area (Å²) in [6, 6.07) is 13.4. The zero-order chi connectivity index (χ0) is 19.9. The zero-order valence-electron chi connectivity index (χ0n) is 15.2. The number of hydrogen-bond donors (Lipinski definition) is 1. The van der Waals surface area contributed by atoms with Gasteiger partial charge in [0.15, 0.2) is 4.90 Å². The second-order valence-electron chi connectivity index (χ2n) is 6.30. The molecule has 2 rings (SSSR count). The largest absolute Gasteiger partial charge is 0.396 e. The van der Waals surface area contributed by atoms with Gasteiger partial charge in [0.25, 0.3) is 5.69 Å². The Bertz CT molecular complexity index is 866. The number of aryl methyl sites for hydroxylation is 2. The number of hydrogen-bond acceptors (Lipinski definition) is 5. The topological polar surface area (TPSA) is 101 Å². The minimum atomic E-state index is -3.92. The van der Waals surface area contributed by atoms with Crippen LogP contribution in [0, 0.1) is 10.1 Å². The third-order valence-electron chi connectivity index (χ3n) is 4.34. The lowest BCUT2D eigenvalue weighted by Gasteiger charge is -2.17. The van der Waals surface area contributed by atoms with Crippen molar-refractivity contribution >= 4 is 15.7 Å². The second-order valence-corrected chi connectivity index (χ2v) is 8.31. The first kappa shape index (κ1) is 21.0. The highest BCUT2D eigenvalue weighted by atomic mass is 32.2. The molecule has 0 saturated heterocycles. The molecule has 0 aliphatic rings. The highest BCUT2D eigenvalue weighted by molar-refractivity contribution is 7.89. The van der Waals surface area contributed by atoms with E-state index in [0.29, 0.717) is 12.8 Å². The van der Waals surface area contributed by atoms with Gasteiger partial charge in [0.05, 0.1) is 4.92 Å². The first-order valence-corrected chi connectivity index (χ1v) is 10.2. The Balaban J connectivity index is 1.97. The van der Waals surface area contributed by atoms with Gasteiger partial charge in [-0.15, -0.1) is 0 Å². The van der Waals surface area contributed by atoms with Gasteiger partial charge < -0.3 is 5.11 Å². The van der Waals surface area contributed by atoms with Gasteiger partial charge in [0, 0.05) is 26.3 Å². The van der Waals surface area contributed by atoms with Crippen molar-refractivity contribution in [3.8, 4) is 0 Å². The summed E-state index contributed by atoms with van der Waals surface area (Å²) in [6.07, 6.45) is 2.87. The zero-order valence-corrected chi connectivity index (χ0v) is 16.1. The van der Waals surface area contributed by atoms with Crippen molar-refractivity contribution in [1.82, 2.24) is 4.31 Å². The fourth-order valence-corrected chi connectivity index (χ4v) is 4.14. The Morgan fingerprint density at radius 1 is 1.00 bits per heavy atom. The standard InChI is InChI=1S/C19H24N2O5S/c1-20(27(25,26)19-9-3-2-8-18(19)21(23)24)14-4-6-16-10-12-17(13-11-16)7-5-15-22/h2-3,8-13,22H,4-7,14-15H2,1H3. The van der Waals surface area contributed by atoms with E-state index in [4.69, 9.17) is 5.11 Å². The molecule has 0 radical (unpaired) electrons. The van der Waals surface area contributed by atoms with Gasteiger partial charge in [0.2, 0.25) is 10.0 Å². The smallest absolute Gasteiger partial charge is 0.289 e. The number of para-hydroxylation sites is 1. The highest BCUT2D eigenvalue weighted by Crippen LogP contribution is 2.25. The minimum absolute atomic E-state index is 0.169. The third kappa shape index (κ3) is 5.59. The molecule has 0 saturated carbocycles. The van der Waals surface area contributed by atoms with E-state index in [1.165, 1.54) is 31.3 Å². The molecule has 0 aliphatic carbocycles. The molecular formula is C19H24N2O5S. The molecular weight excluding hydrogens is 368 g/mol. The van der Waals surface area contributed by atoms with Crippen molar-refractivity contribution in [3.63, 3.8) is 0 Å². The molecule has 8 heteroatoms. The van der Waals surface area contributed by atoms with Crippen LogP contribution in [0.1, 0.15) is 24.0 Å². The molecule has 1 N–H and O–H groups in total. The number of aliphatic hydroxyl groups is 1. The number of nitrogens with zero attached hydrogens (tertiary/aromatic N) is 2. The van der Waals surface area contributed by atoms with Crippen molar-refractivity contribution in [2.45, 2.75) is 30.6 Å². The Hall–Kier alpha value is -2.29. The van der Waals surface area contributed by atoms with Crippen LogP contribution in [0.15, 0.2) is 53.4 Å². The molecule has 0 amide bonds. The summed E-state index contributed by atoms with van der Waals surface area (Å²) in [6.45, 7) is 0.433. The molecule has 2 aromatic carbocycles. The van der Waals surface area contributed by atoms with Gasteiger partial charge in [-0.05, 0) is 42.9 Å². The summed E-state index contributed by atoms with van der Waals surface area (Å²) in [4.78, 5) is 10.1. The molecule has 0 aliphatic heterocycles. The van der Waals surface area contributed by atoms with Gasteiger partial charge in [-0.3, -0.25) is 10.1 Å². The monoisotopic (exact) mass is 392 g/mol. The van der Waals surface area contributed by atoms with Crippen LogP contribution in [0.4, 0.5) is 5.69 Å². The first-order valence-electron chi connectivity index (χ1n) is 8.74. The summed E-state index contributed by atoms with van der Waals surface area (Å²) in [5.41, 5.74) is 1.84. The van der Waals surface area contributed by atoms with E-state index < -0.39 is 20.6 Å². The summed E-state index contributed by atoms with van der Waals surface area (Å²) >= 11 is 0. The molecule has 7 nitrogen and oxygen atoms in total. The summed E-state index contributed by atoms with van der Waals surface area (Å²) in [5, 5.41) is 19.9. The van der Waals surface area contributed by atoms with Gasteiger partial charge in [0.1, 0.15) is 0 Å². The van der Waals surface area contributed by atoms with Crippen molar-refractivity contribution in [3.05, 3.63) is 69.8 Å². The first-order chi connectivity index (χ1) is 12.9. The molecule has 146 valence electrons. The third-order valence-corrected chi connectivity index (χ3v) is 6.24. The number of benzene rings is 2. The van der Waals surface area contributed by atoms with Gasteiger partial charge in [-0.25, -0.2) is 12.7 Å². The molecule has 2 aromatic rings. The number of nitro benzene ring substituents is 1. The maximum absolute atomic E-state index is 12.6. The van der Waals surface area contributed by atoms with Crippen LogP contribution in [0.2, 0.25) is 0 Å². The average molecular weight is 392 g/mol. The maximum Gasteiger partial charge on any atom is 0.289 e. The van der Waals surface area contributed by atoms with Crippen molar-refractivity contribution in [2.24, 2.45) is 0 Å². The number of sulfonamides is 1. The lowest BCUT2D eigenvalue weighted by molar-refractivity contribution is -0.387. The molecule has 0 aromatic heterocycles. The van der Waals surface area contributed by atoms with E-state index in [2.05, 4.69) is 0 Å². The molecule has 27 heavy (non-hydrogen) atoms. The molecule has 0 spiro atoms. The van der Waals surface area contributed by atoms with Crippen molar-refractivity contribution < 1.29 is 18.4 Å². The van der Waals surface area contributed by atoms with Crippen LogP contribution in [0.25, 0.3) is 0 Å². The normalized spacial score (nSPS) is 11.7. The van der Waals surface area contributed by atoms with Crippen LogP contribution in [0.5, 0.6) is 0 Å². The number of aliphatic hydroxyl groups excluding tert-OH is 1. The highest BCUT2D eigenvalue weighted by Gasteiger charge is 2.28. The van der Waals surface area contributed by atoms with Crippen LogP contribution < -0.4 is 0 Å². The number of nitro groups is 1. The molecule has 0 bridgehead atoms. The van der Waals surface area contributed by atoms with Crippen molar-refractivity contribution in [2.75, 3.05) is 20.2 Å². The Kier molecular flexibility index (Phi) is 7.46. The van der Waals surface area contributed by atoms with Crippen LogP contribution >= 0.6 is 0 Å². The van der Waals surface area contributed by atoms with E-state index in [9.17, 15) is 18.5 Å². The van der Waals surface area contributed by atoms with E-state index in [1.807, 2.05) is 24.3 Å². The summed E-state index contributed by atoms with van der Waals surface area (Å²) in [7, 11) is -2.48. The lowest BCUT2D eigenvalue weighted by Crippen LogP contribution is -2.28. The SMILES string of the molecule is CN(CCCc1ccc(CCCO)cc1)S(=O)(=O)c1ccccc1[N+](=O)[O-]. The van der Waals surface area contributed by atoms with E-state index >= 15 is 0 Å². The molecule has 0 unspecified atom stereocenters. The molecule has 0 heterocycles. The minimum Gasteiger partial charge on any atom is -0.396 e.